The highest BCUT2D eigenvalue weighted by Crippen LogP contribution is 2.28. The van der Waals surface area contributed by atoms with E-state index in [1.165, 1.54) is 18.9 Å². The predicted octanol–water partition coefficient (Wildman–Crippen LogP) is 2.32. The molecular formula is C14H21FN2O. The molecule has 1 saturated carbocycles. The van der Waals surface area contributed by atoms with Crippen LogP contribution in [-0.2, 0) is 0 Å². The van der Waals surface area contributed by atoms with E-state index in [4.69, 9.17) is 10.5 Å². The van der Waals surface area contributed by atoms with E-state index in [1.54, 1.807) is 6.07 Å². The minimum Gasteiger partial charge on any atom is -0.489 e. The molecule has 0 spiro atoms. The molecule has 100 valence electrons. The van der Waals surface area contributed by atoms with Crippen LogP contribution in [0.15, 0.2) is 18.2 Å². The summed E-state index contributed by atoms with van der Waals surface area (Å²) >= 11 is 0. The van der Waals surface area contributed by atoms with Crippen molar-refractivity contribution in [2.24, 2.45) is 5.73 Å². The molecule has 1 aromatic carbocycles. The van der Waals surface area contributed by atoms with E-state index in [-0.39, 0.29) is 11.9 Å². The van der Waals surface area contributed by atoms with Crippen molar-refractivity contribution in [1.29, 1.82) is 0 Å². The van der Waals surface area contributed by atoms with Gasteiger partial charge in [0.2, 0.25) is 0 Å². The number of halogens is 1. The largest absolute Gasteiger partial charge is 0.489 e. The predicted molar refractivity (Wildman–Crippen MR) is 70.1 cm³/mol. The van der Waals surface area contributed by atoms with Crippen molar-refractivity contribution in [3.8, 4) is 5.75 Å². The Morgan fingerprint density at radius 1 is 1.50 bits per heavy atom. The molecule has 1 unspecified atom stereocenters. The lowest BCUT2D eigenvalue weighted by molar-refractivity contribution is 0.223. The summed E-state index contributed by atoms with van der Waals surface area (Å²) < 4.78 is 19.3. The molecular weight excluding hydrogens is 231 g/mol. The van der Waals surface area contributed by atoms with Crippen LogP contribution in [0.5, 0.6) is 5.75 Å². The molecule has 4 heteroatoms. The zero-order chi connectivity index (χ0) is 13.1. The van der Waals surface area contributed by atoms with Gasteiger partial charge in [0.05, 0.1) is 0 Å². The number of ether oxygens (including phenoxy) is 1. The van der Waals surface area contributed by atoms with Crippen molar-refractivity contribution in [3.05, 3.63) is 29.6 Å². The third-order valence-corrected chi connectivity index (χ3v) is 3.35. The second kappa shape index (κ2) is 5.67. The molecule has 3 nitrogen and oxygen atoms in total. The van der Waals surface area contributed by atoms with E-state index in [2.05, 4.69) is 11.9 Å². The van der Waals surface area contributed by atoms with Gasteiger partial charge >= 0.3 is 0 Å². The van der Waals surface area contributed by atoms with Gasteiger partial charge in [-0.25, -0.2) is 4.39 Å². The molecule has 1 aliphatic carbocycles. The summed E-state index contributed by atoms with van der Waals surface area (Å²) in [5.74, 6) is -0.0319. The van der Waals surface area contributed by atoms with Gasteiger partial charge in [-0.05, 0) is 32.9 Å². The molecule has 0 saturated heterocycles. The Kier molecular flexibility index (Phi) is 4.19. The van der Waals surface area contributed by atoms with E-state index >= 15 is 0 Å². The van der Waals surface area contributed by atoms with Crippen LogP contribution in [0, 0.1) is 5.82 Å². The molecule has 0 aliphatic heterocycles. The summed E-state index contributed by atoms with van der Waals surface area (Å²) in [6.45, 7) is 3.14. The third kappa shape index (κ3) is 3.21. The average Bonchev–Trinajstić information content (AvgIpc) is 3.14. The number of nitrogens with zero attached hydrogens (tertiary/aromatic N) is 1. The van der Waals surface area contributed by atoms with Gasteiger partial charge < -0.3 is 15.4 Å². The van der Waals surface area contributed by atoms with Gasteiger partial charge in [-0.15, -0.1) is 0 Å². The van der Waals surface area contributed by atoms with Crippen molar-refractivity contribution in [1.82, 2.24) is 4.90 Å². The number of benzene rings is 1. The fourth-order valence-electron chi connectivity index (χ4n) is 2.03. The summed E-state index contributed by atoms with van der Waals surface area (Å²) in [6.07, 6.45) is 2.53. The van der Waals surface area contributed by atoms with E-state index in [0.717, 1.165) is 12.1 Å². The second-order valence-electron chi connectivity index (χ2n) is 5.01. The molecule has 2 rings (SSSR count). The van der Waals surface area contributed by atoms with E-state index in [1.807, 2.05) is 13.0 Å². The highest BCUT2D eigenvalue weighted by Gasteiger charge is 2.25. The quantitative estimate of drug-likeness (QED) is 0.844. The third-order valence-electron chi connectivity index (χ3n) is 3.35. The Bertz CT molecular complexity index is 405. The minimum atomic E-state index is -0.334. The van der Waals surface area contributed by atoms with Gasteiger partial charge in [-0.1, -0.05) is 12.1 Å². The van der Waals surface area contributed by atoms with Gasteiger partial charge in [0.15, 0.2) is 11.6 Å². The van der Waals surface area contributed by atoms with Crippen molar-refractivity contribution in [2.75, 3.05) is 20.2 Å². The second-order valence-corrected chi connectivity index (χ2v) is 5.01. The fourth-order valence-corrected chi connectivity index (χ4v) is 2.03. The molecule has 0 radical (unpaired) electrons. The first-order valence-corrected chi connectivity index (χ1v) is 6.46. The van der Waals surface area contributed by atoms with E-state index < -0.39 is 0 Å². The smallest absolute Gasteiger partial charge is 0.165 e. The normalized spacial score (nSPS) is 16.9. The van der Waals surface area contributed by atoms with Crippen molar-refractivity contribution in [3.63, 3.8) is 0 Å². The van der Waals surface area contributed by atoms with Crippen LogP contribution < -0.4 is 10.5 Å². The zero-order valence-corrected chi connectivity index (χ0v) is 11.0. The van der Waals surface area contributed by atoms with Crippen LogP contribution in [0.3, 0.4) is 0 Å². The number of nitrogens with two attached hydrogens (primary N) is 1. The van der Waals surface area contributed by atoms with Crippen LogP contribution in [0.1, 0.15) is 31.4 Å². The molecule has 0 aromatic heterocycles. The van der Waals surface area contributed by atoms with Gasteiger partial charge in [0.25, 0.3) is 0 Å². The number of hydrogen-bond acceptors (Lipinski definition) is 3. The summed E-state index contributed by atoms with van der Waals surface area (Å²) in [5, 5.41) is 0. The topological polar surface area (TPSA) is 38.5 Å². The van der Waals surface area contributed by atoms with Gasteiger partial charge in [-0.2, -0.15) is 0 Å². The maximum absolute atomic E-state index is 13.7. The minimum absolute atomic E-state index is 0.225. The van der Waals surface area contributed by atoms with Crippen LogP contribution in [-0.4, -0.2) is 31.1 Å². The zero-order valence-electron chi connectivity index (χ0n) is 11.0. The lowest BCUT2D eigenvalue weighted by atomic mass is 10.1. The monoisotopic (exact) mass is 252 g/mol. The Morgan fingerprint density at radius 3 is 2.83 bits per heavy atom. The molecule has 1 fully saturated rings. The number of hydrogen-bond donors (Lipinski definition) is 1. The molecule has 0 bridgehead atoms. The standard InChI is InChI=1S/C14H21FN2O/c1-10(16)12-4-3-5-13(15)14(12)18-9-8-17(2)11-6-7-11/h3-5,10-11H,6-9,16H2,1-2H3. The lowest BCUT2D eigenvalue weighted by Crippen LogP contribution is -2.26. The first-order chi connectivity index (χ1) is 8.59. The van der Waals surface area contributed by atoms with Crippen LogP contribution in [0.25, 0.3) is 0 Å². The number of likely N-dealkylation sites (N-methyl/N-ethyl adjacent to an activating group) is 1. The lowest BCUT2D eigenvalue weighted by Gasteiger charge is -2.18. The summed E-state index contributed by atoms with van der Waals surface area (Å²) in [7, 11) is 2.08. The summed E-state index contributed by atoms with van der Waals surface area (Å²) in [5.41, 5.74) is 6.54. The summed E-state index contributed by atoms with van der Waals surface area (Å²) in [4.78, 5) is 2.26. The van der Waals surface area contributed by atoms with E-state index in [9.17, 15) is 4.39 Å². The fraction of sp³-hybridized carbons (Fsp3) is 0.571. The Hall–Kier alpha value is -1.13. The van der Waals surface area contributed by atoms with Crippen LogP contribution in [0.2, 0.25) is 0 Å². The van der Waals surface area contributed by atoms with Crippen LogP contribution >= 0.6 is 0 Å². The molecule has 0 amide bonds. The first kappa shape index (κ1) is 13.3. The van der Waals surface area contributed by atoms with Gasteiger partial charge in [0.1, 0.15) is 6.61 Å². The number of para-hydroxylation sites is 1. The SMILES string of the molecule is CC(N)c1cccc(F)c1OCCN(C)C1CC1. The first-order valence-electron chi connectivity index (χ1n) is 6.46. The maximum atomic E-state index is 13.7. The van der Waals surface area contributed by atoms with Gasteiger partial charge in [-0.3, -0.25) is 0 Å². The highest BCUT2D eigenvalue weighted by molar-refractivity contribution is 5.36. The molecule has 0 heterocycles. The summed E-state index contributed by atoms with van der Waals surface area (Å²) in [6, 6.07) is 5.36. The van der Waals surface area contributed by atoms with Crippen molar-refractivity contribution < 1.29 is 9.13 Å². The molecule has 1 aromatic rings. The molecule has 1 atom stereocenters. The van der Waals surface area contributed by atoms with Crippen LogP contribution in [0.4, 0.5) is 4.39 Å². The Morgan fingerprint density at radius 2 is 2.22 bits per heavy atom. The molecule has 18 heavy (non-hydrogen) atoms. The van der Waals surface area contributed by atoms with Crippen molar-refractivity contribution in [2.45, 2.75) is 31.8 Å². The van der Waals surface area contributed by atoms with Gasteiger partial charge in [0, 0.05) is 24.2 Å². The molecule has 1 aliphatic rings. The van der Waals surface area contributed by atoms with Crippen molar-refractivity contribution >= 4 is 0 Å². The highest BCUT2D eigenvalue weighted by atomic mass is 19.1. The average molecular weight is 252 g/mol. The Balaban J connectivity index is 1.94. The van der Waals surface area contributed by atoms with E-state index in [0.29, 0.717) is 18.4 Å². The Labute approximate surface area is 108 Å². The number of rotatable bonds is 6. The maximum Gasteiger partial charge on any atom is 0.165 e. The molecule has 2 N–H and O–H groups in total.